The van der Waals surface area contributed by atoms with Crippen LogP contribution in [0.5, 0.6) is 0 Å². The Hall–Kier alpha value is -3.56. The molecule has 0 unspecified atom stereocenters. The third-order valence-electron chi connectivity index (χ3n) is 7.83. The summed E-state index contributed by atoms with van der Waals surface area (Å²) in [5.74, 6) is 1.60. The van der Waals surface area contributed by atoms with Crippen molar-refractivity contribution in [1.29, 1.82) is 0 Å². The van der Waals surface area contributed by atoms with Crippen LogP contribution < -0.4 is 0 Å². The molecule has 3 heterocycles. The number of nitrogens with zero attached hydrogens (tertiary/aromatic N) is 5. The van der Waals surface area contributed by atoms with Gasteiger partial charge in [0, 0.05) is 27.2 Å². The monoisotopic (exact) mass is 558 g/mol. The number of rotatable bonds is 9. The van der Waals surface area contributed by atoms with Gasteiger partial charge >= 0.3 is 0 Å². The van der Waals surface area contributed by atoms with E-state index in [9.17, 15) is 8.78 Å². The number of hydrogen-bond donors (Lipinski definition) is 1. The maximum Gasteiger partial charge on any atom is 0.204 e. The highest BCUT2D eigenvalue weighted by molar-refractivity contribution is 7.99. The van der Waals surface area contributed by atoms with E-state index in [4.69, 9.17) is 0 Å². The Morgan fingerprint density at radius 1 is 0.950 bits per heavy atom. The fourth-order valence-corrected chi connectivity index (χ4v) is 6.77. The average Bonchev–Trinajstić information content (AvgIpc) is 3.63. The second-order valence-electron chi connectivity index (χ2n) is 10.3. The Kier molecular flexibility index (Phi) is 7.93. The molecule has 1 fully saturated rings. The highest BCUT2D eigenvalue weighted by Crippen LogP contribution is 2.40. The minimum atomic E-state index is -0.225. The number of likely N-dealkylation sites (tertiary alicyclic amines) is 1. The summed E-state index contributed by atoms with van der Waals surface area (Å²) in [7, 11) is 0. The first-order valence-electron chi connectivity index (χ1n) is 13.9. The molecule has 40 heavy (non-hydrogen) atoms. The molecule has 0 radical (unpaired) electrons. The highest BCUT2D eigenvalue weighted by atomic mass is 32.2. The molecule has 0 atom stereocenters. The molecule has 6 rings (SSSR count). The van der Waals surface area contributed by atoms with Crippen molar-refractivity contribution in [3.05, 3.63) is 89.6 Å². The van der Waals surface area contributed by atoms with Crippen molar-refractivity contribution in [1.82, 2.24) is 30.1 Å². The summed E-state index contributed by atoms with van der Waals surface area (Å²) in [6, 6.07) is 20.0. The first-order valence-corrected chi connectivity index (χ1v) is 14.9. The van der Waals surface area contributed by atoms with Gasteiger partial charge in [0.15, 0.2) is 0 Å². The molecule has 9 heteroatoms. The number of aromatic amines is 1. The Labute approximate surface area is 236 Å². The van der Waals surface area contributed by atoms with Crippen LogP contribution in [0.2, 0.25) is 0 Å². The van der Waals surface area contributed by atoms with Crippen LogP contribution in [0.1, 0.15) is 43.4 Å². The largest absolute Gasteiger partial charge is 0.313 e. The third-order valence-corrected chi connectivity index (χ3v) is 8.93. The molecule has 0 amide bonds. The van der Waals surface area contributed by atoms with Crippen LogP contribution in [0.4, 0.5) is 8.78 Å². The van der Waals surface area contributed by atoms with Gasteiger partial charge in [-0.2, -0.15) is 5.21 Å². The van der Waals surface area contributed by atoms with Crippen molar-refractivity contribution in [2.75, 3.05) is 25.4 Å². The van der Waals surface area contributed by atoms with Crippen LogP contribution >= 0.6 is 11.8 Å². The van der Waals surface area contributed by atoms with E-state index in [1.165, 1.54) is 23.4 Å². The Balaban J connectivity index is 1.18. The van der Waals surface area contributed by atoms with Crippen LogP contribution in [0, 0.1) is 11.6 Å². The van der Waals surface area contributed by atoms with Gasteiger partial charge in [0.25, 0.3) is 0 Å². The molecule has 5 aromatic rings. The van der Waals surface area contributed by atoms with E-state index in [2.05, 4.69) is 37.0 Å². The van der Waals surface area contributed by atoms with Crippen LogP contribution in [0.3, 0.4) is 0 Å². The predicted molar refractivity (Wildman–Crippen MR) is 156 cm³/mol. The lowest BCUT2D eigenvalue weighted by molar-refractivity contribution is 0.213. The predicted octanol–water partition coefficient (Wildman–Crippen LogP) is 7.01. The number of fused-ring (bicyclic) bond motifs is 1. The van der Waals surface area contributed by atoms with Gasteiger partial charge < -0.3 is 9.47 Å². The van der Waals surface area contributed by atoms with Gasteiger partial charge in [-0.05, 0) is 134 Å². The molecule has 3 aromatic carbocycles. The second-order valence-corrected chi connectivity index (χ2v) is 11.4. The topological polar surface area (TPSA) is 62.6 Å². The lowest BCUT2D eigenvalue weighted by Crippen LogP contribution is -2.34. The zero-order valence-electron chi connectivity index (χ0n) is 22.5. The molecular formula is C31H32F2N6S. The molecule has 0 saturated carbocycles. The first kappa shape index (κ1) is 26.7. The van der Waals surface area contributed by atoms with Gasteiger partial charge in [0.2, 0.25) is 5.82 Å². The lowest BCUT2D eigenvalue weighted by Gasteiger charge is -2.32. The average molecular weight is 559 g/mol. The van der Waals surface area contributed by atoms with Gasteiger partial charge in [-0.1, -0.05) is 6.92 Å². The molecule has 6 nitrogen and oxygen atoms in total. The van der Waals surface area contributed by atoms with Crippen molar-refractivity contribution in [3.63, 3.8) is 0 Å². The lowest BCUT2D eigenvalue weighted by atomic mass is 9.87. The Morgan fingerprint density at radius 2 is 1.70 bits per heavy atom. The van der Waals surface area contributed by atoms with E-state index in [1.54, 1.807) is 23.9 Å². The number of hydrogen-bond acceptors (Lipinski definition) is 5. The number of benzene rings is 3. The summed E-state index contributed by atoms with van der Waals surface area (Å²) in [6.45, 7) is 5.37. The molecule has 1 aliphatic rings. The maximum absolute atomic E-state index is 14.5. The molecule has 1 saturated heterocycles. The molecule has 2 aromatic heterocycles. The molecule has 1 N–H and O–H groups in total. The smallest absolute Gasteiger partial charge is 0.204 e. The Morgan fingerprint density at radius 3 is 2.40 bits per heavy atom. The van der Waals surface area contributed by atoms with Gasteiger partial charge in [-0.3, -0.25) is 0 Å². The fourth-order valence-electron chi connectivity index (χ4n) is 5.94. The van der Waals surface area contributed by atoms with Crippen LogP contribution in [0.25, 0.3) is 28.0 Å². The van der Waals surface area contributed by atoms with Crippen LogP contribution in [-0.2, 0) is 6.42 Å². The summed E-state index contributed by atoms with van der Waals surface area (Å²) in [4.78, 5) is 3.67. The molecule has 0 bridgehead atoms. The van der Waals surface area contributed by atoms with Gasteiger partial charge in [0.05, 0.1) is 5.52 Å². The number of aromatic nitrogens is 5. The van der Waals surface area contributed by atoms with E-state index < -0.39 is 0 Å². The number of tetrazole rings is 1. The summed E-state index contributed by atoms with van der Waals surface area (Å²) in [6.07, 6.45) is 4.14. The minimum absolute atomic E-state index is 0.190. The van der Waals surface area contributed by atoms with Crippen molar-refractivity contribution < 1.29 is 8.78 Å². The highest BCUT2D eigenvalue weighted by Gasteiger charge is 2.27. The Bertz CT molecular complexity index is 1560. The van der Waals surface area contributed by atoms with E-state index in [1.807, 2.05) is 42.5 Å². The minimum Gasteiger partial charge on any atom is -0.313 e. The summed E-state index contributed by atoms with van der Waals surface area (Å²) in [5, 5.41) is 15.4. The zero-order chi connectivity index (χ0) is 27.5. The summed E-state index contributed by atoms with van der Waals surface area (Å²) < 4.78 is 29.9. The molecular weight excluding hydrogens is 526 g/mol. The number of thioether (sulfide) groups is 1. The van der Waals surface area contributed by atoms with Gasteiger partial charge in [0.1, 0.15) is 11.6 Å². The van der Waals surface area contributed by atoms with Crippen molar-refractivity contribution in [3.8, 4) is 17.1 Å². The number of halogens is 2. The molecule has 0 spiro atoms. The molecule has 0 aliphatic carbocycles. The normalized spacial score (nSPS) is 14.8. The standard InChI is InChI=1S/C31H32F2N6S/c1-2-28-30(21-14-17-38(18-15-21)16-3-19-40-26-11-6-23(32)7-12-26)27-13-8-24(33)20-29(27)39(28)25-9-4-22(5-10-25)31-34-36-37-35-31/h4-13,20-21H,2-3,14-19H2,1H3,(H,34,35,36,37). The van der Waals surface area contributed by atoms with Crippen molar-refractivity contribution >= 4 is 22.7 Å². The zero-order valence-corrected chi connectivity index (χ0v) is 23.3. The molecule has 1 aliphatic heterocycles. The van der Waals surface area contributed by atoms with E-state index in [-0.39, 0.29) is 11.6 Å². The number of nitrogens with one attached hydrogen (secondary N) is 1. The van der Waals surface area contributed by atoms with E-state index in [0.717, 1.165) is 78.1 Å². The SMILES string of the molecule is CCc1c(C2CCN(CCCSc3ccc(F)cc3)CC2)c2ccc(F)cc2n1-c1ccc(-c2nn[nH]n2)cc1. The fraction of sp³-hybridized carbons (Fsp3) is 0.323. The van der Waals surface area contributed by atoms with Gasteiger partial charge in [-0.15, -0.1) is 22.0 Å². The van der Waals surface area contributed by atoms with Gasteiger partial charge in [-0.25, -0.2) is 8.78 Å². The van der Waals surface area contributed by atoms with Crippen molar-refractivity contribution in [2.45, 2.75) is 43.4 Å². The molecule has 206 valence electrons. The second kappa shape index (κ2) is 11.9. The number of piperidine rings is 1. The van der Waals surface area contributed by atoms with Crippen LogP contribution in [-0.4, -0.2) is 55.5 Å². The maximum atomic E-state index is 14.5. The van der Waals surface area contributed by atoms with Crippen molar-refractivity contribution in [2.24, 2.45) is 0 Å². The third kappa shape index (κ3) is 5.53. The summed E-state index contributed by atoms with van der Waals surface area (Å²) in [5.41, 5.74) is 5.41. The van der Waals surface area contributed by atoms with Crippen LogP contribution in [0.15, 0.2) is 71.6 Å². The number of H-pyrrole nitrogens is 1. The first-order chi connectivity index (χ1) is 19.6. The van der Waals surface area contributed by atoms with E-state index >= 15 is 0 Å². The summed E-state index contributed by atoms with van der Waals surface area (Å²) >= 11 is 1.78. The quantitative estimate of drug-likeness (QED) is 0.156. The van der Waals surface area contributed by atoms with E-state index in [0.29, 0.717) is 11.7 Å².